The second-order valence-electron chi connectivity index (χ2n) is 9.50. The molecule has 170 valence electrons. The third-order valence-corrected chi connectivity index (χ3v) is 7.19. The number of piperidine rings is 1. The average Bonchev–Trinajstić information content (AvgIpc) is 3.07. The molecule has 0 aromatic heterocycles. The second kappa shape index (κ2) is 9.57. The molecule has 3 aliphatic rings. The zero-order chi connectivity index (χ0) is 21.8. The first kappa shape index (κ1) is 22.1. The number of morpholine rings is 1. The molecule has 1 atom stereocenters. The Balaban J connectivity index is 1.39. The van der Waals surface area contributed by atoms with Gasteiger partial charge in [0, 0.05) is 45.7 Å². The van der Waals surface area contributed by atoms with Crippen LogP contribution in [0.4, 0.5) is 4.79 Å². The van der Waals surface area contributed by atoms with Crippen LogP contribution in [0, 0.1) is 0 Å². The molecule has 7 nitrogen and oxygen atoms in total. The van der Waals surface area contributed by atoms with Gasteiger partial charge < -0.3 is 24.8 Å². The number of carbonyl (C=O) groups is 2. The van der Waals surface area contributed by atoms with E-state index in [1.54, 1.807) is 0 Å². The minimum atomic E-state index is 0.0902. The maximum atomic E-state index is 12.9. The normalized spacial score (nSPS) is 22.6. The summed E-state index contributed by atoms with van der Waals surface area (Å²) in [6, 6.07) is 8.81. The SMILES string of the molecule is CN(C)CCNC(=O)C[C@@H]1CC2(CCN(C(=O)N3CCOCC3)CC2)c2ccccc21. The Bertz CT molecular complexity index is 783. The molecule has 0 radical (unpaired) electrons. The van der Waals surface area contributed by atoms with Gasteiger partial charge in [0.25, 0.3) is 0 Å². The maximum Gasteiger partial charge on any atom is 0.320 e. The molecule has 7 heteroatoms. The van der Waals surface area contributed by atoms with E-state index in [0.717, 1.165) is 38.9 Å². The molecule has 0 saturated carbocycles. The predicted octanol–water partition coefficient (Wildman–Crippen LogP) is 2.03. The number of benzene rings is 1. The summed E-state index contributed by atoms with van der Waals surface area (Å²) in [6.07, 6.45) is 3.49. The number of nitrogens with zero attached hydrogens (tertiary/aromatic N) is 3. The molecule has 0 unspecified atom stereocenters. The van der Waals surface area contributed by atoms with Crippen molar-refractivity contribution in [1.82, 2.24) is 20.0 Å². The van der Waals surface area contributed by atoms with Crippen molar-refractivity contribution in [2.75, 3.05) is 66.6 Å². The van der Waals surface area contributed by atoms with Crippen LogP contribution in [-0.4, -0.2) is 93.2 Å². The number of amides is 3. The quantitative estimate of drug-likeness (QED) is 0.779. The van der Waals surface area contributed by atoms with Crippen molar-refractivity contribution in [3.63, 3.8) is 0 Å². The first-order valence-electron chi connectivity index (χ1n) is 11.6. The molecule has 3 amide bonds. The predicted molar refractivity (Wildman–Crippen MR) is 120 cm³/mol. The van der Waals surface area contributed by atoms with Gasteiger partial charge in [0.2, 0.25) is 5.91 Å². The number of ether oxygens (including phenoxy) is 1. The van der Waals surface area contributed by atoms with E-state index >= 15 is 0 Å². The van der Waals surface area contributed by atoms with Gasteiger partial charge in [-0.15, -0.1) is 0 Å². The zero-order valence-electron chi connectivity index (χ0n) is 18.9. The molecule has 1 N–H and O–H groups in total. The maximum absolute atomic E-state index is 12.9. The van der Waals surface area contributed by atoms with E-state index in [2.05, 4.69) is 34.5 Å². The van der Waals surface area contributed by atoms with E-state index in [1.165, 1.54) is 11.1 Å². The van der Waals surface area contributed by atoms with Crippen LogP contribution in [0.15, 0.2) is 24.3 Å². The van der Waals surface area contributed by atoms with Gasteiger partial charge in [-0.2, -0.15) is 0 Å². The third kappa shape index (κ3) is 4.88. The topological polar surface area (TPSA) is 65.1 Å². The Morgan fingerprint density at radius 2 is 1.77 bits per heavy atom. The summed E-state index contributed by atoms with van der Waals surface area (Å²) in [4.78, 5) is 31.5. The molecule has 2 heterocycles. The fourth-order valence-corrected chi connectivity index (χ4v) is 5.48. The number of fused-ring (bicyclic) bond motifs is 2. The van der Waals surface area contributed by atoms with Crippen molar-refractivity contribution < 1.29 is 14.3 Å². The van der Waals surface area contributed by atoms with Gasteiger partial charge in [-0.25, -0.2) is 4.79 Å². The van der Waals surface area contributed by atoms with Crippen LogP contribution >= 0.6 is 0 Å². The van der Waals surface area contributed by atoms with Crippen molar-refractivity contribution in [3.05, 3.63) is 35.4 Å². The van der Waals surface area contributed by atoms with E-state index in [0.29, 0.717) is 39.3 Å². The number of hydrogen-bond donors (Lipinski definition) is 1. The lowest BCUT2D eigenvalue weighted by Gasteiger charge is -2.42. The van der Waals surface area contributed by atoms with E-state index in [1.807, 2.05) is 23.9 Å². The summed E-state index contributed by atoms with van der Waals surface area (Å²) in [5.74, 6) is 0.399. The molecule has 1 aliphatic carbocycles. The van der Waals surface area contributed by atoms with E-state index in [-0.39, 0.29) is 23.3 Å². The van der Waals surface area contributed by atoms with Crippen molar-refractivity contribution in [2.45, 2.75) is 37.0 Å². The molecule has 2 saturated heterocycles. The number of carbonyl (C=O) groups excluding carboxylic acids is 2. The lowest BCUT2D eigenvalue weighted by atomic mass is 9.73. The first-order valence-corrected chi connectivity index (χ1v) is 11.6. The molecule has 4 rings (SSSR count). The third-order valence-electron chi connectivity index (χ3n) is 7.19. The summed E-state index contributed by atoms with van der Waals surface area (Å²) < 4.78 is 5.38. The molecule has 1 spiro atoms. The fourth-order valence-electron chi connectivity index (χ4n) is 5.48. The standard InChI is InChI=1S/C24H36N4O3/c1-26(2)12-9-25-22(29)17-19-18-24(21-6-4-3-5-20(19)21)7-10-27(11-8-24)23(30)28-13-15-31-16-14-28/h3-6,19H,7-18H2,1-2H3,(H,25,29)/t19-/m1/s1. The van der Waals surface area contributed by atoms with Gasteiger partial charge in [-0.1, -0.05) is 24.3 Å². The summed E-state index contributed by atoms with van der Waals surface area (Å²) in [7, 11) is 4.03. The number of likely N-dealkylation sites (N-methyl/N-ethyl adjacent to an activating group) is 1. The zero-order valence-corrected chi connectivity index (χ0v) is 18.9. The molecular formula is C24H36N4O3. The minimum absolute atomic E-state index is 0.0902. The van der Waals surface area contributed by atoms with Crippen LogP contribution in [0.1, 0.15) is 42.7 Å². The number of nitrogens with one attached hydrogen (secondary N) is 1. The first-order chi connectivity index (χ1) is 15.0. The molecule has 31 heavy (non-hydrogen) atoms. The van der Waals surface area contributed by atoms with Crippen LogP contribution < -0.4 is 5.32 Å². The highest BCUT2D eigenvalue weighted by molar-refractivity contribution is 5.77. The van der Waals surface area contributed by atoms with Gasteiger partial charge in [-0.3, -0.25) is 4.79 Å². The van der Waals surface area contributed by atoms with Gasteiger partial charge in [0.15, 0.2) is 0 Å². The van der Waals surface area contributed by atoms with Gasteiger partial charge in [0.1, 0.15) is 0 Å². The van der Waals surface area contributed by atoms with Gasteiger partial charge >= 0.3 is 6.03 Å². The van der Waals surface area contributed by atoms with E-state index < -0.39 is 0 Å². The van der Waals surface area contributed by atoms with E-state index in [4.69, 9.17) is 4.74 Å². The Morgan fingerprint density at radius 3 is 2.48 bits per heavy atom. The lowest BCUT2D eigenvalue weighted by molar-refractivity contribution is -0.121. The van der Waals surface area contributed by atoms with Crippen LogP contribution in [0.3, 0.4) is 0 Å². The second-order valence-corrected chi connectivity index (χ2v) is 9.50. The van der Waals surface area contributed by atoms with E-state index in [9.17, 15) is 9.59 Å². The summed E-state index contributed by atoms with van der Waals surface area (Å²) in [5, 5.41) is 3.07. The van der Waals surface area contributed by atoms with Crippen LogP contribution in [0.2, 0.25) is 0 Å². The Morgan fingerprint density at radius 1 is 1.10 bits per heavy atom. The summed E-state index contributed by atoms with van der Waals surface area (Å²) >= 11 is 0. The molecular weight excluding hydrogens is 392 g/mol. The van der Waals surface area contributed by atoms with Crippen LogP contribution in [-0.2, 0) is 14.9 Å². The van der Waals surface area contributed by atoms with Crippen molar-refractivity contribution in [1.29, 1.82) is 0 Å². The molecule has 0 bridgehead atoms. The summed E-state index contributed by atoms with van der Waals surface area (Å²) in [5.41, 5.74) is 2.82. The monoisotopic (exact) mass is 428 g/mol. The Labute approximate surface area is 185 Å². The fraction of sp³-hybridized carbons (Fsp3) is 0.667. The highest BCUT2D eigenvalue weighted by atomic mass is 16.5. The molecule has 1 aromatic carbocycles. The van der Waals surface area contributed by atoms with Crippen molar-refractivity contribution >= 4 is 11.9 Å². The van der Waals surface area contributed by atoms with Gasteiger partial charge in [0.05, 0.1) is 13.2 Å². The van der Waals surface area contributed by atoms with Crippen molar-refractivity contribution in [2.24, 2.45) is 0 Å². The number of urea groups is 1. The minimum Gasteiger partial charge on any atom is -0.378 e. The largest absolute Gasteiger partial charge is 0.378 e. The smallest absolute Gasteiger partial charge is 0.320 e. The highest BCUT2D eigenvalue weighted by Crippen LogP contribution is 2.52. The number of rotatable bonds is 5. The molecule has 2 aliphatic heterocycles. The highest BCUT2D eigenvalue weighted by Gasteiger charge is 2.46. The van der Waals surface area contributed by atoms with Crippen LogP contribution in [0.5, 0.6) is 0 Å². The number of hydrogen-bond acceptors (Lipinski definition) is 4. The van der Waals surface area contributed by atoms with Gasteiger partial charge in [-0.05, 0) is 55.8 Å². The molecule has 2 fully saturated rings. The Kier molecular flexibility index (Phi) is 6.82. The molecule has 1 aromatic rings. The number of likely N-dealkylation sites (tertiary alicyclic amines) is 1. The van der Waals surface area contributed by atoms with Crippen LogP contribution in [0.25, 0.3) is 0 Å². The lowest BCUT2D eigenvalue weighted by Crippen LogP contribution is -2.52. The van der Waals surface area contributed by atoms with Crippen molar-refractivity contribution in [3.8, 4) is 0 Å². The Hall–Kier alpha value is -2.12. The summed E-state index contributed by atoms with van der Waals surface area (Å²) in [6.45, 7) is 5.75. The average molecular weight is 429 g/mol.